The summed E-state index contributed by atoms with van der Waals surface area (Å²) in [4.78, 5) is 17.5. The van der Waals surface area contributed by atoms with Gasteiger partial charge in [0.15, 0.2) is 0 Å². The molecule has 3 rings (SSSR count). The van der Waals surface area contributed by atoms with Crippen LogP contribution in [0.25, 0.3) is 0 Å². The minimum absolute atomic E-state index is 0.237. The lowest BCUT2D eigenvalue weighted by Crippen LogP contribution is -2.34. The van der Waals surface area contributed by atoms with Crippen LogP contribution in [0.2, 0.25) is 0 Å². The molecule has 0 bridgehead atoms. The lowest BCUT2D eigenvalue weighted by molar-refractivity contribution is -0.131. The third-order valence-electron chi connectivity index (χ3n) is 3.92. The number of oxime groups is 1. The number of rotatable bonds is 5. The van der Waals surface area contributed by atoms with Crippen molar-refractivity contribution in [1.82, 2.24) is 15.1 Å². The molecule has 0 aliphatic carbocycles. The van der Waals surface area contributed by atoms with Crippen molar-refractivity contribution >= 4 is 11.6 Å². The Kier molecular flexibility index (Phi) is 4.59. The maximum atomic E-state index is 12.9. The Labute approximate surface area is 139 Å². The highest BCUT2D eigenvalue weighted by molar-refractivity contribution is 6.04. The Morgan fingerprint density at radius 2 is 2.17 bits per heavy atom. The molecule has 1 aromatic carbocycles. The van der Waals surface area contributed by atoms with Crippen LogP contribution in [-0.4, -0.2) is 27.5 Å². The van der Waals surface area contributed by atoms with Crippen molar-refractivity contribution in [2.75, 3.05) is 0 Å². The van der Waals surface area contributed by atoms with E-state index >= 15 is 0 Å². The number of carbonyl (C=O) groups excluding carboxylic acids is 1. The summed E-state index contributed by atoms with van der Waals surface area (Å²) in [6.45, 7) is 5.01. The van der Waals surface area contributed by atoms with Crippen molar-refractivity contribution in [3.05, 3.63) is 53.1 Å². The quantitative estimate of drug-likeness (QED) is 0.913. The molecule has 1 N–H and O–H groups in total. The fourth-order valence-electron chi connectivity index (χ4n) is 2.55. The minimum atomic E-state index is -0.648. The van der Waals surface area contributed by atoms with Gasteiger partial charge in [0.05, 0.1) is 11.4 Å². The van der Waals surface area contributed by atoms with E-state index in [2.05, 4.69) is 15.6 Å². The topological polar surface area (TPSA) is 68.5 Å². The van der Waals surface area contributed by atoms with E-state index in [4.69, 9.17) is 4.84 Å². The zero-order valence-electron chi connectivity index (χ0n) is 13.6. The lowest BCUT2D eigenvalue weighted by atomic mass is 10.1. The van der Waals surface area contributed by atoms with Gasteiger partial charge >= 0.3 is 0 Å². The maximum absolute atomic E-state index is 12.9. The van der Waals surface area contributed by atoms with E-state index in [-0.39, 0.29) is 11.7 Å². The zero-order chi connectivity index (χ0) is 17.1. The molecule has 1 aliphatic heterocycles. The van der Waals surface area contributed by atoms with Gasteiger partial charge in [0.2, 0.25) is 6.10 Å². The molecule has 24 heavy (non-hydrogen) atoms. The van der Waals surface area contributed by atoms with Crippen LogP contribution >= 0.6 is 0 Å². The SMILES string of the molecule is CCn1cc(C2=NO[C@@H](C(=O)NCc3ccc(F)cc3)C2)c(C)n1. The predicted octanol–water partition coefficient (Wildman–Crippen LogP) is 2.16. The normalized spacial score (nSPS) is 16.6. The number of hydrogen-bond acceptors (Lipinski definition) is 4. The molecule has 7 heteroatoms. The number of aryl methyl sites for hydroxylation is 2. The van der Waals surface area contributed by atoms with E-state index in [0.29, 0.717) is 13.0 Å². The van der Waals surface area contributed by atoms with Gasteiger partial charge in [-0.2, -0.15) is 5.10 Å². The molecule has 126 valence electrons. The van der Waals surface area contributed by atoms with Gasteiger partial charge in [-0.1, -0.05) is 17.3 Å². The van der Waals surface area contributed by atoms with Crippen LogP contribution in [0.5, 0.6) is 0 Å². The predicted molar refractivity (Wildman–Crippen MR) is 86.9 cm³/mol. The number of benzene rings is 1. The second kappa shape index (κ2) is 6.82. The molecule has 0 radical (unpaired) electrons. The first-order valence-electron chi connectivity index (χ1n) is 7.86. The van der Waals surface area contributed by atoms with Gasteiger partial charge in [-0.25, -0.2) is 4.39 Å². The number of nitrogens with one attached hydrogen (secondary N) is 1. The monoisotopic (exact) mass is 330 g/mol. The molecule has 0 spiro atoms. The van der Waals surface area contributed by atoms with Crippen LogP contribution in [0.1, 0.15) is 30.2 Å². The van der Waals surface area contributed by atoms with Gasteiger partial charge in [-0.05, 0) is 31.5 Å². The number of hydrogen-bond donors (Lipinski definition) is 1. The van der Waals surface area contributed by atoms with Crippen LogP contribution in [0.15, 0.2) is 35.6 Å². The maximum Gasteiger partial charge on any atom is 0.264 e. The van der Waals surface area contributed by atoms with Crippen LogP contribution in [0.3, 0.4) is 0 Å². The molecule has 0 saturated carbocycles. The third kappa shape index (κ3) is 3.45. The standard InChI is InChI=1S/C17H19FN4O2/c1-3-22-10-14(11(2)20-22)15-8-16(24-21-15)17(23)19-9-12-4-6-13(18)7-5-12/h4-7,10,16H,3,8-9H2,1-2H3,(H,19,23)/t16-/m1/s1. The molecular formula is C17H19FN4O2. The van der Waals surface area contributed by atoms with Gasteiger partial charge in [0, 0.05) is 31.3 Å². The molecule has 1 amide bonds. The highest BCUT2D eigenvalue weighted by Gasteiger charge is 2.30. The molecule has 1 atom stereocenters. The average molecular weight is 330 g/mol. The Morgan fingerprint density at radius 3 is 2.83 bits per heavy atom. The van der Waals surface area contributed by atoms with E-state index < -0.39 is 6.10 Å². The average Bonchev–Trinajstić information content (AvgIpc) is 3.20. The number of carbonyl (C=O) groups is 1. The minimum Gasteiger partial charge on any atom is -0.382 e. The van der Waals surface area contributed by atoms with Crippen molar-refractivity contribution in [3.63, 3.8) is 0 Å². The van der Waals surface area contributed by atoms with Crippen molar-refractivity contribution in [2.24, 2.45) is 5.16 Å². The summed E-state index contributed by atoms with van der Waals surface area (Å²) in [7, 11) is 0. The summed E-state index contributed by atoms with van der Waals surface area (Å²) in [5.74, 6) is -0.538. The Balaban J connectivity index is 1.56. The van der Waals surface area contributed by atoms with Crippen LogP contribution < -0.4 is 5.32 Å². The summed E-state index contributed by atoms with van der Waals surface area (Å²) in [6.07, 6.45) is 1.67. The molecule has 2 heterocycles. The van der Waals surface area contributed by atoms with E-state index in [1.54, 1.807) is 12.1 Å². The number of aromatic nitrogens is 2. The highest BCUT2D eigenvalue weighted by Crippen LogP contribution is 2.19. The van der Waals surface area contributed by atoms with Gasteiger partial charge in [-0.15, -0.1) is 0 Å². The lowest BCUT2D eigenvalue weighted by Gasteiger charge is -2.09. The fourth-order valence-corrected chi connectivity index (χ4v) is 2.55. The Bertz CT molecular complexity index is 767. The molecule has 1 aromatic heterocycles. The van der Waals surface area contributed by atoms with E-state index in [1.807, 2.05) is 24.7 Å². The van der Waals surface area contributed by atoms with Crippen molar-refractivity contribution in [1.29, 1.82) is 0 Å². The summed E-state index contributed by atoms with van der Waals surface area (Å²) < 4.78 is 14.7. The van der Waals surface area contributed by atoms with Gasteiger partial charge in [0.25, 0.3) is 5.91 Å². The van der Waals surface area contributed by atoms with Crippen molar-refractivity contribution in [2.45, 2.75) is 39.5 Å². The molecular weight excluding hydrogens is 311 g/mol. The van der Waals surface area contributed by atoms with Gasteiger partial charge < -0.3 is 10.2 Å². The summed E-state index contributed by atoms with van der Waals surface area (Å²) in [5.41, 5.74) is 3.33. The fraction of sp³-hybridized carbons (Fsp3) is 0.353. The first-order valence-corrected chi connectivity index (χ1v) is 7.86. The van der Waals surface area contributed by atoms with Gasteiger partial charge in [0.1, 0.15) is 5.82 Å². The first kappa shape index (κ1) is 16.2. The van der Waals surface area contributed by atoms with Crippen LogP contribution in [0, 0.1) is 12.7 Å². The zero-order valence-corrected chi connectivity index (χ0v) is 13.6. The summed E-state index contributed by atoms with van der Waals surface area (Å²) in [5, 5.41) is 11.2. The summed E-state index contributed by atoms with van der Waals surface area (Å²) in [6, 6.07) is 6.00. The molecule has 0 saturated heterocycles. The number of nitrogens with zero attached hydrogens (tertiary/aromatic N) is 3. The number of halogens is 1. The Hall–Kier alpha value is -2.70. The molecule has 0 unspecified atom stereocenters. The van der Waals surface area contributed by atoms with E-state index in [0.717, 1.165) is 29.1 Å². The van der Waals surface area contributed by atoms with Crippen molar-refractivity contribution in [3.8, 4) is 0 Å². The van der Waals surface area contributed by atoms with Gasteiger partial charge in [-0.3, -0.25) is 9.48 Å². The molecule has 2 aromatic rings. The van der Waals surface area contributed by atoms with Crippen LogP contribution in [0.4, 0.5) is 4.39 Å². The smallest absolute Gasteiger partial charge is 0.264 e. The highest BCUT2D eigenvalue weighted by atomic mass is 19.1. The second-order valence-electron chi connectivity index (χ2n) is 5.66. The molecule has 1 aliphatic rings. The molecule has 6 nitrogen and oxygen atoms in total. The first-order chi connectivity index (χ1) is 11.6. The largest absolute Gasteiger partial charge is 0.382 e. The van der Waals surface area contributed by atoms with Crippen molar-refractivity contribution < 1.29 is 14.0 Å². The Morgan fingerprint density at radius 1 is 1.42 bits per heavy atom. The van der Waals surface area contributed by atoms with Crippen LogP contribution in [-0.2, 0) is 22.7 Å². The molecule has 0 fully saturated rings. The van der Waals surface area contributed by atoms with E-state index in [1.165, 1.54) is 12.1 Å². The van der Waals surface area contributed by atoms with E-state index in [9.17, 15) is 9.18 Å². The number of amides is 1. The summed E-state index contributed by atoms with van der Waals surface area (Å²) >= 11 is 0. The second-order valence-corrected chi connectivity index (χ2v) is 5.66. The third-order valence-corrected chi connectivity index (χ3v) is 3.92.